The summed E-state index contributed by atoms with van der Waals surface area (Å²) in [6, 6.07) is 10.0. The molecule has 0 radical (unpaired) electrons. The van der Waals surface area contributed by atoms with Gasteiger partial charge in [0, 0.05) is 31.1 Å². The lowest BCUT2D eigenvalue weighted by Gasteiger charge is -2.21. The highest BCUT2D eigenvalue weighted by Crippen LogP contribution is 2.31. The SMILES string of the molecule is CCOc1cc(C(=O)NC(c2cc(OC)cc(OC)c2)c2nccn2C)ccc1OC. The monoisotopic (exact) mass is 425 g/mol. The summed E-state index contributed by atoms with van der Waals surface area (Å²) in [6.07, 6.45) is 3.51. The fourth-order valence-corrected chi connectivity index (χ4v) is 3.25. The number of nitrogens with one attached hydrogen (secondary N) is 1. The maximum absolute atomic E-state index is 13.2. The molecule has 0 fully saturated rings. The summed E-state index contributed by atoms with van der Waals surface area (Å²) in [4.78, 5) is 17.6. The first-order valence-electron chi connectivity index (χ1n) is 9.82. The van der Waals surface area contributed by atoms with E-state index in [2.05, 4.69) is 10.3 Å². The van der Waals surface area contributed by atoms with Crippen LogP contribution in [0.25, 0.3) is 0 Å². The Hall–Kier alpha value is -3.68. The molecule has 8 nitrogen and oxygen atoms in total. The zero-order valence-electron chi connectivity index (χ0n) is 18.3. The van der Waals surface area contributed by atoms with Gasteiger partial charge < -0.3 is 28.8 Å². The summed E-state index contributed by atoms with van der Waals surface area (Å²) in [5.41, 5.74) is 1.22. The lowest BCUT2D eigenvalue weighted by Crippen LogP contribution is -2.31. The number of aromatic nitrogens is 2. The Bertz CT molecular complexity index is 1030. The molecule has 0 spiro atoms. The summed E-state index contributed by atoms with van der Waals surface area (Å²) < 4.78 is 23.6. The molecule has 0 aliphatic carbocycles. The van der Waals surface area contributed by atoms with E-state index >= 15 is 0 Å². The number of aryl methyl sites for hydroxylation is 1. The topological polar surface area (TPSA) is 83.8 Å². The third kappa shape index (κ3) is 4.91. The number of hydrogen-bond donors (Lipinski definition) is 1. The molecular weight excluding hydrogens is 398 g/mol. The zero-order chi connectivity index (χ0) is 22.4. The first-order chi connectivity index (χ1) is 15.0. The molecule has 1 amide bonds. The fraction of sp³-hybridized carbons (Fsp3) is 0.304. The number of carbonyl (C=O) groups excluding carboxylic acids is 1. The van der Waals surface area contributed by atoms with Gasteiger partial charge in [-0.2, -0.15) is 0 Å². The van der Waals surface area contributed by atoms with E-state index in [1.165, 1.54) is 0 Å². The average Bonchev–Trinajstić information content (AvgIpc) is 3.22. The van der Waals surface area contributed by atoms with Crippen molar-refractivity contribution >= 4 is 5.91 Å². The molecule has 31 heavy (non-hydrogen) atoms. The summed E-state index contributed by atoms with van der Waals surface area (Å²) in [6.45, 7) is 2.33. The van der Waals surface area contributed by atoms with E-state index < -0.39 is 6.04 Å². The molecule has 164 valence electrons. The van der Waals surface area contributed by atoms with Crippen LogP contribution in [0.5, 0.6) is 23.0 Å². The Kier molecular flexibility index (Phi) is 7.02. The number of imidazole rings is 1. The molecule has 0 saturated carbocycles. The fourth-order valence-electron chi connectivity index (χ4n) is 3.25. The molecule has 3 rings (SSSR count). The third-order valence-electron chi connectivity index (χ3n) is 4.82. The Balaban J connectivity index is 2.00. The van der Waals surface area contributed by atoms with Gasteiger partial charge >= 0.3 is 0 Å². The number of benzene rings is 2. The number of rotatable bonds is 9. The maximum atomic E-state index is 13.2. The number of hydrogen-bond acceptors (Lipinski definition) is 6. The van der Waals surface area contributed by atoms with Gasteiger partial charge in [0.25, 0.3) is 5.91 Å². The van der Waals surface area contributed by atoms with Gasteiger partial charge in [0.1, 0.15) is 23.4 Å². The number of amides is 1. The van der Waals surface area contributed by atoms with Gasteiger partial charge in [-0.05, 0) is 42.8 Å². The van der Waals surface area contributed by atoms with Crippen LogP contribution < -0.4 is 24.3 Å². The lowest BCUT2D eigenvalue weighted by atomic mass is 10.0. The zero-order valence-corrected chi connectivity index (χ0v) is 18.3. The molecule has 0 aliphatic heterocycles. The average molecular weight is 425 g/mol. The Morgan fingerprint density at radius 3 is 2.29 bits per heavy atom. The summed E-state index contributed by atoms with van der Waals surface area (Å²) in [5.74, 6) is 2.70. The van der Waals surface area contributed by atoms with Crippen molar-refractivity contribution in [2.75, 3.05) is 27.9 Å². The van der Waals surface area contributed by atoms with Crippen molar-refractivity contribution < 1.29 is 23.7 Å². The highest BCUT2D eigenvalue weighted by molar-refractivity contribution is 5.95. The van der Waals surface area contributed by atoms with E-state index in [0.29, 0.717) is 41.0 Å². The summed E-state index contributed by atoms with van der Waals surface area (Å²) in [5, 5.41) is 3.07. The lowest BCUT2D eigenvalue weighted by molar-refractivity contribution is 0.0940. The smallest absolute Gasteiger partial charge is 0.252 e. The minimum Gasteiger partial charge on any atom is -0.497 e. The number of nitrogens with zero attached hydrogens (tertiary/aromatic N) is 2. The van der Waals surface area contributed by atoms with E-state index in [4.69, 9.17) is 18.9 Å². The van der Waals surface area contributed by atoms with Crippen molar-refractivity contribution in [3.05, 3.63) is 65.7 Å². The van der Waals surface area contributed by atoms with Crippen LogP contribution in [0.15, 0.2) is 48.8 Å². The molecule has 1 atom stereocenters. The van der Waals surface area contributed by atoms with Crippen LogP contribution in [0.3, 0.4) is 0 Å². The van der Waals surface area contributed by atoms with Crippen molar-refractivity contribution in [3.8, 4) is 23.0 Å². The van der Waals surface area contributed by atoms with Crippen molar-refractivity contribution in [3.63, 3.8) is 0 Å². The first-order valence-corrected chi connectivity index (χ1v) is 9.82. The van der Waals surface area contributed by atoms with Crippen LogP contribution in [-0.4, -0.2) is 43.4 Å². The van der Waals surface area contributed by atoms with Crippen LogP contribution in [0.4, 0.5) is 0 Å². The molecule has 0 aliphatic rings. The van der Waals surface area contributed by atoms with Crippen molar-refractivity contribution in [2.24, 2.45) is 7.05 Å². The van der Waals surface area contributed by atoms with E-state index in [9.17, 15) is 4.79 Å². The number of carbonyl (C=O) groups is 1. The maximum Gasteiger partial charge on any atom is 0.252 e. The number of methoxy groups -OCH3 is 3. The molecule has 0 bridgehead atoms. The Labute approximate surface area is 181 Å². The van der Waals surface area contributed by atoms with Crippen LogP contribution in [-0.2, 0) is 7.05 Å². The highest BCUT2D eigenvalue weighted by atomic mass is 16.5. The van der Waals surface area contributed by atoms with Crippen LogP contribution >= 0.6 is 0 Å². The summed E-state index contributed by atoms with van der Waals surface area (Å²) >= 11 is 0. The van der Waals surface area contributed by atoms with Crippen LogP contribution in [0.1, 0.15) is 34.7 Å². The van der Waals surface area contributed by atoms with Gasteiger partial charge in [0.2, 0.25) is 0 Å². The van der Waals surface area contributed by atoms with Gasteiger partial charge in [0.05, 0.1) is 27.9 Å². The van der Waals surface area contributed by atoms with Gasteiger partial charge in [0.15, 0.2) is 11.5 Å². The van der Waals surface area contributed by atoms with Crippen molar-refractivity contribution in [2.45, 2.75) is 13.0 Å². The normalized spacial score (nSPS) is 11.5. The predicted molar refractivity (Wildman–Crippen MR) is 116 cm³/mol. The minimum atomic E-state index is -0.533. The molecule has 1 aromatic heterocycles. The predicted octanol–water partition coefficient (Wildman–Crippen LogP) is 3.36. The third-order valence-corrected chi connectivity index (χ3v) is 4.82. The number of ether oxygens (including phenoxy) is 4. The van der Waals surface area contributed by atoms with E-state index in [1.54, 1.807) is 51.8 Å². The minimum absolute atomic E-state index is 0.279. The Morgan fingerprint density at radius 1 is 1.03 bits per heavy atom. The second kappa shape index (κ2) is 9.88. The second-order valence-corrected chi connectivity index (χ2v) is 6.75. The largest absolute Gasteiger partial charge is 0.497 e. The molecule has 2 aromatic carbocycles. The summed E-state index contributed by atoms with van der Waals surface area (Å²) in [7, 11) is 6.60. The second-order valence-electron chi connectivity index (χ2n) is 6.75. The van der Waals surface area contributed by atoms with Crippen molar-refractivity contribution in [1.82, 2.24) is 14.9 Å². The van der Waals surface area contributed by atoms with E-state index in [1.807, 2.05) is 36.9 Å². The molecule has 1 heterocycles. The van der Waals surface area contributed by atoms with Gasteiger partial charge in [-0.3, -0.25) is 4.79 Å². The highest BCUT2D eigenvalue weighted by Gasteiger charge is 2.23. The molecule has 1 N–H and O–H groups in total. The van der Waals surface area contributed by atoms with Gasteiger partial charge in [-0.1, -0.05) is 0 Å². The van der Waals surface area contributed by atoms with Crippen LogP contribution in [0.2, 0.25) is 0 Å². The van der Waals surface area contributed by atoms with Gasteiger partial charge in [-0.25, -0.2) is 4.98 Å². The molecule has 3 aromatic rings. The van der Waals surface area contributed by atoms with E-state index in [0.717, 1.165) is 5.56 Å². The Morgan fingerprint density at radius 2 is 1.74 bits per heavy atom. The molecule has 1 unspecified atom stereocenters. The first kappa shape index (κ1) is 22.0. The quantitative estimate of drug-likeness (QED) is 0.566. The molecule has 0 saturated heterocycles. The molecule has 8 heteroatoms. The van der Waals surface area contributed by atoms with Crippen LogP contribution in [0, 0.1) is 0 Å². The van der Waals surface area contributed by atoms with E-state index in [-0.39, 0.29) is 5.91 Å². The standard InChI is InChI=1S/C23H27N3O5/c1-6-31-20-13-15(7-8-19(20)30-5)23(27)25-21(22-24-9-10-26(22)2)16-11-17(28-3)14-18(12-16)29-4/h7-14,21H,6H2,1-5H3,(H,25,27). The molecular formula is C23H27N3O5. The van der Waals surface area contributed by atoms with Crippen molar-refractivity contribution in [1.29, 1.82) is 0 Å². The van der Waals surface area contributed by atoms with Gasteiger partial charge in [-0.15, -0.1) is 0 Å².